The van der Waals surface area contributed by atoms with Crippen LogP contribution in [0.15, 0.2) is 109 Å². The van der Waals surface area contributed by atoms with Crippen LogP contribution in [0.25, 0.3) is 21.5 Å². The zero-order valence-corrected chi connectivity index (χ0v) is 22.3. The number of carbonyl (C=O) groups is 2. The smallest absolute Gasteiger partial charge is 0.407 e. The zero-order valence-electron chi connectivity index (χ0n) is 21.4. The van der Waals surface area contributed by atoms with Crippen LogP contribution in [0, 0.1) is 0 Å². The van der Waals surface area contributed by atoms with Gasteiger partial charge < -0.3 is 25.2 Å². The van der Waals surface area contributed by atoms with Crippen LogP contribution in [-0.4, -0.2) is 21.8 Å². The molecular formula is C31H27N2O6P. The molecular weight excluding hydrogens is 527 g/mol. The van der Waals surface area contributed by atoms with Crippen molar-refractivity contribution in [3.05, 3.63) is 126 Å². The topological polar surface area (TPSA) is 125 Å². The number of benzene rings is 5. The lowest BCUT2D eigenvalue weighted by atomic mass is 10.0. The number of alkyl carbamates (subject to hydrolysis) is 1. The molecule has 0 fully saturated rings. The molecule has 0 aliphatic heterocycles. The molecule has 0 aromatic heterocycles. The molecule has 9 heteroatoms. The van der Waals surface area contributed by atoms with E-state index < -0.39 is 25.3 Å². The summed E-state index contributed by atoms with van der Waals surface area (Å²) in [7, 11) is -4.94. The summed E-state index contributed by atoms with van der Waals surface area (Å²) in [6.45, 7) is 0.117. The largest absolute Gasteiger partial charge is 0.445 e. The normalized spacial score (nSPS) is 12.2. The Balaban J connectivity index is 1.42. The number of hydrogen-bond acceptors (Lipinski definition) is 4. The Morgan fingerprint density at radius 2 is 1.40 bits per heavy atom. The SMILES string of the molecule is O=C(NCc1ccccc1)OCc1cc2ccccc2cc1NC(=O)C(c1cccc2ccccc12)P(=O)(O)O. The fourth-order valence-electron chi connectivity index (χ4n) is 4.65. The quantitative estimate of drug-likeness (QED) is 0.167. The summed E-state index contributed by atoms with van der Waals surface area (Å²) in [4.78, 5) is 46.5. The Morgan fingerprint density at radius 1 is 0.775 bits per heavy atom. The highest BCUT2D eigenvalue weighted by Crippen LogP contribution is 2.53. The number of fused-ring (bicyclic) bond motifs is 2. The van der Waals surface area contributed by atoms with Crippen LogP contribution < -0.4 is 10.6 Å². The van der Waals surface area contributed by atoms with Crippen molar-refractivity contribution in [1.29, 1.82) is 0 Å². The summed E-state index contributed by atoms with van der Waals surface area (Å²) in [5.74, 6) is -0.866. The van der Waals surface area contributed by atoms with Crippen molar-refractivity contribution < 1.29 is 28.7 Å². The van der Waals surface area contributed by atoms with E-state index >= 15 is 0 Å². The maximum atomic E-state index is 13.6. The van der Waals surface area contributed by atoms with Crippen molar-refractivity contribution in [3.63, 3.8) is 0 Å². The van der Waals surface area contributed by atoms with Crippen LogP contribution in [0.3, 0.4) is 0 Å². The van der Waals surface area contributed by atoms with E-state index in [0.29, 0.717) is 16.6 Å². The molecule has 40 heavy (non-hydrogen) atoms. The minimum Gasteiger partial charge on any atom is -0.445 e. The van der Waals surface area contributed by atoms with Crippen molar-refractivity contribution in [2.24, 2.45) is 0 Å². The van der Waals surface area contributed by atoms with Gasteiger partial charge in [-0.1, -0.05) is 97.1 Å². The summed E-state index contributed by atoms with van der Waals surface area (Å²) in [6, 6.07) is 32.4. The van der Waals surface area contributed by atoms with E-state index in [1.807, 2.05) is 72.8 Å². The first-order valence-electron chi connectivity index (χ1n) is 12.6. The molecule has 0 saturated heterocycles. The first-order chi connectivity index (χ1) is 19.3. The van der Waals surface area contributed by atoms with E-state index in [2.05, 4.69) is 10.6 Å². The molecule has 0 heterocycles. The van der Waals surface area contributed by atoms with E-state index in [1.54, 1.807) is 36.4 Å². The van der Waals surface area contributed by atoms with Gasteiger partial charge >= 0.3 is 13.7 Å². The van der Waals surface area contributed by atoms with E-state index in [4.69, 9.17) is 4.74 Å². The van der Waals surface area contributed by atoms with Gasteiger partial charge in [-0.3, -0.25) is 9.36 Å². The molecule has 5 aromatic rings. The average molecular weight is 555 g/mol. The molecule has 5 aromatic carbocycles. The van der Waals surface area contributed by atoms with Crippen LogP contribution in [0.2, 0.25) is 0 Å². The molecule has 1 atom stereocenters. The van der Waals surface area contributed by atoms with Gasteiger partial charge in [0.05, 0.1) is 0 Å². The van der Waals surface area contributed by atoms with Crippen LogP contribution >= 0.6 is 7.60 Å². The van der Waals surface area contributed by atoms with E-state index in [0.717, 1.165) is 21.7 Å². The van der Waals surface area contributed by atoms with Gasteiger partial charge in [0.25, 0.3) is 0 Å². The Kier molecular flexibility index (Phi) is 7.94. The lowest BCUT2D eigenvalue weighted by molar-refractivity contribution is -0.116. The summed E-state index contributed by atoms with van der Waals surface area (Å²) in [6.07, 6.45) is -0.641. The number of ether oxygens (including phenoxy) is 1. The fourth-order valence-corrected chi connectivity index (χ4v) is 5.61. The lowest BCUT2D eigenvalue weighted by Gasteiger charge is -2.21. The van der Waals surface area contributed by atoms with Gasteiger partial charge in [-0.15, -0.1) is 0 Å². The van der Waals surface area contributed by atoms with Gasteiger partial charge in [-0.2, -0.15) is 0 Å². The molecule has 5 rings (SSSR count). The third-order valence-electron chi connectivity index (χ3n) is 6.57. The van der Waals surface area contributed by atoms with Gasteiger partial charge in [0.2, 0.25) is 5.91 Å². The molecule has 0 aliphatic carbocycles. The summed E-state index contributed by atoms with van der Waals surface area (Å²) < 4.78 is 18.1. The van der Waals surface area contributed by atoms with Gasteiger partial charge in [0.15, 0.2) is 5.66 Å². The molecule has 8 nitrogen and oxygen atoms in total. The molecule has 202 valence electrons. The summed E-state index contributed by atoms with van der Waals surface area (Å²) in [5, 5.41) is 8.38. The van der Waals surface area contributed by atoms with Crippen LogP contribution in [0.1, 0.15) is 22.3 Å². The number of hydrogen-bond donors (Lipinski definition) is 4. The molecule has 0 saturated carbocycles. The highest BCUT2D eigenvalue weighted by Gasteiger charge is 2.38. The third-order valence-corrected chi connectivity index (χ3v) is 7.76. The molecule has 0 radical (unpaired) electrons. The second kappa shape index (κ2) is 11.7. The summed E-state index contributed by atoms with van der Waals surface area (Å²) in [5.41, 5.74) is 0.161. The third kappa shape index (κ3) is 6.21. The predicted molar refractivity (Wildman–Crippen MR) is 155 cm³/mol. The second-order valence-corrected chi connectivity index (χ2v) is 11.0. The highest BCUT2D eigenvalue weighted by molar-refractivity contribution is 7.53. The first-order valence-corrected chi connectivity index (χ1v) is 14.3. The van der Waals surface area contributed by atoms with Crippen LogP contribution in [0.4, 0.5) is 10.5 Å². The second-order valence-electron chi connectivity index (χ2n) is 9.32. The standard InChI is InChI=1S/C31H27N2O6P/c34-30(29(40(36,37)38)27-16-8-14-22-11-6-7-15-26(22)27)33-28-18-24-13-5-4-12-23(24)17-25(28)20-39-31(35)32-19-21-9-2-1-3-10-21/h1-18,29H,19-20H2,(H,32,35)(H,33,34)(H2,36,37,38). The lowest BCUT2D eigenvalue weighted by Crippen LogP contribution is -2.24. The molecule has 1 unspecified atom stereocenters. The van der Waals surface area contributed by atoms with Gasteiger partial charge in [0.1, 0.15) is 6.61 Å². The molecule has 2 amide bonds. The Hall–Kier alpha value is -4.49. The minimum absolute atomic E-state index is 0.171. The predicted octanol–water partition coefficient (Wildman–Crippen LogP) is 6.28. The number of carbonyl (C=O) groups excluding carboxylic acids is 2. The number of amides is 2. The van der Waals surface area contributed by atoms with E-state index in [1.165, 1.54) is 0 Å². The molecule has 0 spiro atoms. The maximum Gasteiger partial charge on any atom is 0.407 e. The van der Waals surface area contributed by atoms with Crippen molar-refractivity contribution in [2.45, 2.75) is 18.8 Å². The van der Waals surface area contributed by atoms with Gasteiger partial charge in [-0.25, -0.2) is 4.79 Å². The molecule has 0 aliphatic rings. The van der Waals surface area contributed by atoms with Gasteiger partial charge in [0, 0.05) is 17.8 Å². The maximum absolute atomic E-state index is 13.6. The molecule has 0 bridgehead atoms. The van der Waals surface area contributed by atoms with E-state index in [9.17, 15) is 23.9 Å². The monoisotopic (exact) mass is 554 g/mol. The highest BCUT2D eigenvalue weighted by atomic mass is 31.2. The number of anilines is 1. The summed E-state index contributed by atoms with van der Waals surface area (Å²) >= 11 is 0. The Labute approximate surface area is 230 Å². The van der Waals surface area contributed by atoms with Crippen molar-refractivity contribution in [1.82, 2.24) is 5.32 Å². The van der Waals surface area contributed by atoms with E-state index in [-0.39, 0.29) is 18.7 Å². The van der Waals surface area contributed by atoms with Gasteiger partial charge in [-0.05, 0) is 44.8 Å². The molecule has 4 N–H and O–H groups in total. The first kappa shape index (κ1) is 27.1. The minimum atomic E-state index is -4.94. The zero-order chi connectivity index (χ0) is 28.1. The fraction of sp³-hybridized carbons (Fsp3) is 0.0968. The van der Waals surface area contributed by atoms with Crippen LogP contribution in [-0.2, 0) is 27.2 Å². The van der Waals surface area contributed by atoms with Crippen LogP contribution in [0.5, 0.6) is 0 Å². The Morgan fingerprint density at radius 3 is 2.12 bits per heavy atom. The Bertz CT molecular complexity index is 1730. The van der Waals surface area contributed by atoms with Crippen molar-refractivity contribution >= 4 is 46.8 Å². The van der Waals surface area contributed by atoms with Crippen molar-refractivity contribution in [2.75, 3.05) is 5.32 Å². The number of rotatable bonds is 8. The van der Waals surface area contributed by atoms with Crippen molar-refractivity contribution in [3.8, 4) is 0 Å². The number of nitrogens with one attached hydrogen (secondary N) is 2. The average Bonchev–Trinajstić information content (AvgIpc) is 2.95.